The Morgan fingerprint density at radius 1 is 1.13 bits per heavy atom. The lowest BCUT2D eigenvalue weighted by Gasteiger charge is -2.16. The van der Waals surface area contributed by atoms with Crippen LogP contribution < -0.4 is 11.1 Å². The molecular weight excluding hydrogens is 312 g/mol. The molecule has 0 aromatic heterocycles. The smallest absolute Gasteiger partial charge is 0.253 e. The minimum atomic E-state index is -0.791. The van der Waals surface area contributed by atoms with Crippen LogP contribution in [0.1, 0.15) is 27.0 Å². The molecule has 2 rings (SSSR count). The summed E-state index contributed by atoms with van der Waals surface area (Å²) >= 11 is 6.00. The molecule has 2 aromatic carbocycles. The quantitative estimate of drug-likeness (QED) is 0.884. The molecule has 0 heterocycles. The summed E-state index contributed by atoms with van der Waals surface area (Å²) in [6.07, 6.45) is 0.340. The topological polar surface area (TPSA) is 72.2 Å². The maximum Gasteiger partial charge on any atom is 0.253 e. The van der Waals surface area contributed by atoms with Gasteiger partial charge in [-0.1, -0.05) is 41.9 Å². The molecule has 0 saturated carbocycles. The van der Waals surface area contributed by atoms with Crippen LogP contribution in [0.15, 0.2) is 42.5 Å². The fourth-order valence-corrected chi connectivity index (χ4v) is 2.49. The first kappa shape index (κ1) is 17.0. The summed E-state index contributed by atoms with van der Waals surface area (Å²) in [6, 6.07) is 11.8. The molecule has 0 aliphatic rings. The highest BCUT2D eigenvalue weighted by Crippen LogP contribution is 2.16. The summed E-state index contributed by atoms with van der Waals surface area (Å²) < 4.78 is 0. The van der Waals surface area contributed by atoms with E-state index in [1.165, 1.54) is 5.56 Å². The third-order valence-corrected chi connectivity index (χ3v) is 4.11. The van der Waals surface area contributed by atoms with E-state index in [0.717, 1.165) is 11.1 Å². The molecule has 2 aromatic rings. The lowest BCUT2D eigenvalue weighted by Crippen LogP contribution is -2.45. The Morgan fingerprint density at radius 3 is 2.43 bits per heavy atom. The Balaban J connectivity index is 2.16. The normalized spacial score (nSPS) is 11.8. The minimum absolute atomic E-state index is 0.320. The number of rotatable bonds is 5. The lowest BCUT2D eigenvalue weighted by molar-refractivity contribution is -0.119. The third kappa shape index (κ3) is 4.33. The molecule has 2 amide bonds. The Morgan fingerprint density at radius 2 is 1.83 bits per heavy atom. The van der Waals surface area contributed by atoms with Crippen molar-refractivity contribution in [2.24, 2.45) is 5.73 Å². The molecule has 0 aliphatic carbocycles. The second-order valence-electron chi connectivity index (χ2n) is 5.53. The van der Waals surface area contributed by atoms with E-state index in [1.807, 2.05) is 32.0 Å². The highest BCUT2D eigenvalue weighted by Gasteiger charge is 2.20. The number of hydrogen-bond donors (Lipinski definition) is 2. The largest absolute Gasteiger partial charge is 0.368 e. The Labute approximate surface area is 140 Å². The average Bonchev–Trinajstić information content (AvgIpc) is 2.50. The number of halogens is 1. The van der Waals surface area contributed by atoms with Crippen LogP contribution in [-0.4, -0.2) is 17.9 Å². The van der Waals surface area contributed by atoms with E-state index < -0.39 is 17.9 Å². The maximum atomic E-state index is 12.3. The summed E-state index contributed by atoms with van der Waals surface area (Å²) in [5.41, 5.74) is 8.99. The van der Waals surface area contributed by atoms with Crippen molar-refractivity contribution < 1.29 is 9.59 Å². The van der Waals surface area contributed by atoms with Crippen LogP contribution in [-0.2, 0) is 11.2 Å². The van der Waals surface area contributed by atoms with Gasteiger partial charge in [0.15, 0.2) is 0 Å². The molecule has 0 radical (unpaired) electrons. The molecule has 0 spiro atoms. The zero-order valence-electron chi connectivity index (χ0n) is 13.1. The maximum absolute atomic E-state index is 12.3. The van der Waals surface area contributed by atoms with Crippen LogP contribution in [0.4, 0.5) is 0 Å². The number of aryl methyl sites for hydroxylation is 2. The van der Waals surface area contributed by atoms with Gasteiger partial charge in [-0.3, -0.25) is 9.59 Å². The SMILES string of the molecule is Cc1ccc(C[C@H](NC(=O)c2ccccc2Cl)C(N)=O)cc1C. The molecule has 0 aliphatic heterocycles. The predicted molar refractivity (Wildman–Crippen MR) is 91.5 cm³/mol. The van der Waals surface area contributed by atoms with Crippen LogP contribution in [0.3, 0.4) is 0 Å². The summed E-state index contributed by atoms with van der Waals surface area (Å²) in [7, 11) is 0. The monoisotopic (exact) mass is 330 g/mol. The van der Waals surface area contributed by atoms with E-state index in [4.69, 9.17) is 17.3 Å². The van der Waals surface area contributed by atoms with Gasteiger partial charge in [-0.25, -0.2) is 0 Å². The summed E-state index contributed by atoms with van der Waals surface area (Å²) in [6.45, 7) is 4.02. The molecule has 3 N–H and O–H groups in total. The molecule has 0 saturated heterocycles. The van der Waals surface area contributed by atoms with Crippen LogP contribution in [0.2, 0.25) is 5.02 Å². The van der Waals surface area contributed by atoms with Crippen LogP contribution in [0, 0.1) is 13.8 Å². The highest BCUT2D eigenvalue weighted by molar-refractivity contribution is 6.33. The summed E-state index contributed by atoms with van der Waals surface area (Å²) in [5, 5.41) is 2.99. The van der Waals surface area contributed by atoms with Gasteiger partial charge in [-0.05, 0) is 42.7 Å². The summed E-state index contributed by atoms with van der Waals surface area (Å²) in [5.74, 6) is -0.994. The number of hydrogen-bond acceptors (Lipinski definition) is 2. The molecule has 0 fully saturated rings. The predicted octanol–water partition coefficient (Wildman–Crippen LogP) is 2.78. The van der Waals surface area contributed by atoms with Gasteiger partial charge in [0, 0.05) is 6.42 Å². The van der Waals surface area contributed by atoms with Crippen molar-refractivity contribution in [3.8, 4) is 0 Å². The molecule has 120 valence electrons. The Bertz CT molecular complexity index is 744. The number of nitrogens with two attached hydrogens (primary N) is 1. The van der Waals surface area contributed by atoms with Crippen molar-refractivity contribution >= 4 is 23.4 Å². The van der Waals surface area contributed by atoms with E-state index in [-0.39, 0.29) is 0 Å². The molecule has 5 heteroatoms. The van der Waals surface area contributed by atoms with Crippen LogP contribution in [0.25, 0.3) is 0 Å². The van der Waals surface area contributed by atoms with E-state index in [0.29, 0.717) is 17.0 Å². The molecule has 0 bridgehead atoms. The van der Waals surface area contributed by atoms with Crippen molar-refractivity contribution in [1.82, 2.24) is 5.32 Å². The number of primary amides is 1. The number of carbonyl (C=O) groups excluding carboxylic acids is 2. The van der Waals surface area contributed by atoms with E-state index in [2.05, 4.69) is 5.32 Å². The van der Waals surface area contributed by atoms with Crippen molar-refractivity contribution in [1.29, 1.82) is 0 Å². The number of amides is 2. The van der Waals surface area contributed by atoms with Crippen LogP contribution >= 0.6 is 11.6 Å². The van der Waals surface area contributed by atoms with Gasteiger partial charge in [0.1, 0.15) is 6.04 Å². The van der Waals surface area contributed by atoms with Gasteiger partial charge in [0.2, 0.25) is 5.91 Å². The fraction of sp³-hybridized carbons (Fsp3) is 0.222. The zero-order chi connectivity index (χ0) is 17.0. The highest BCUT2D eigenvalue weighted by atomic mass is 35.5. The van der Waals surface area contributed by atoms with Crippen molar-refractivity contribution in [3.05, 3.63) is 69.7 Å². The second kappa shape index (κ2) is 7.29. The molecule has 1 atom stereocenters. The van der Waals surface area contributed by atoms with E-state index in [9.17, 15) is 9.59 Å². The van der Waals surface area contributed by atoms with E-state index >= 15 is 0 Å². The first-order chi connectivity index (χ1) is 10.9. The lowest BCUT2D eigenvalue weighted by atomic mass is 10.0. The second-order valence-corrected chi connectivity index (χ2v) is 5.94. The average molecular weight is 331 g/mol. The summed E-state index contributed by atoms with van der Waals surface area (Å²) in [4.78, 5) is 24.0. The fourth-order valence-electron chi connectivity index (χ4n) is 2.27. The molecule has 0 unspecified atom stereocenters. The van der Waals surface area contributed by atoms with Crippen molar-refractivity contribution in [2.45, 2.75) is 26.3 Å². The Kier molecular flexibility index (Phi) is 5.40. The molecule has 4 nitrogen and oxygen atoms in total. The Hall–Kier alpha value is -2.33. The molecule has 23 heavy (non-hydrogen) atoms. The first-order valence-corrected chi connectivity index (χ1v) is 7.67. The van der Waals surface area contributed by atoms with Gasteiger partial charge in [-0.2, -0.15) is 0 Å². The minimum Gasteiger partial charge on any atom is -0.368 e. The van der Waals surface area contributed by atoms with Crippen molar-refractivity contribution in [2.75, 3.05) is 0 Å². The van der Waals surface area contributed by atoms with Gasteiger partial charge in [-0.15, -0.1) is 0 Å². The van der Waals surface area contributed by atoms with Gasteiger partial charge >= 0.3 is 0 Å². The van der Waals surface area contributed by atoms with Gasteiger partial charge in [0.25, 0.3) is 5.91 Å². The number of carbonyl (C=O) groups is 2. The third-order valence-electron chi connectivity index (χ3n) is 3.78. The van der Waals surface area contributed by atoms with Crippen LogP contribution in [0.5, 0.6) is 0 Å². The standard InChI is InChI=1S/C18H19ClN2O2/c1-11-7-8-13(9-12(11)2)10-16(17(20)22)21-18(23)14-5-3-4-6-15(14)19/h3-9,16H,10H2,1-2H3,(H2,20,22)(H,21,23)/t16-/m0/s1. The number of benzene rings is 2. The zero-order valence-corrected chi connectivity index (χ0v) is 13.9. The number of nitrogens with one attached hydrogen (secondary N) is 1. The van der Waals surface area contributed by atoms with E-state index in [1.54, 1.807) is 24.3 Å². The van der Waals surface area contributed by atoms with Gasteiger partial charge < -0.3 is 11.1 Å². The van der Waals surface area contributed by atoms with Crippen molar-refractivity contribution in [3.63, 3.8) is 0 Å². The molecular formula is C18H19ClN2O2. The van der Waals surface area contributed by atoms with Gasteiger partial charge in [0.05, 0.1) is 10.6 Å². The first-order valence-electron chi connectivity index (χ1n) is 7.29.